The summed E-state index contributed by atoms with van der Waals surface area (Å²) < 4.78 is 22.8. The lowest BCUT2D eigenvalue weighted by Gasteiger charge is -2.21. The van der Waals surface area contributed by atoms with E-state index in [1.165, 1.54) is 24.3 Å². The number of halogens is 3. The van der Waals surface area contributed by atoms with Crippen LogP contribution >= 0.6 is 34.8 Å². The van der Waals surface area contributed by atoms with Gasteiger partial charge in [0.1, 0.15) is 23.0 Å². The number of carbonyl (C=O) groups excluding carboxylic acids is 6. The second kappa shape index (κ2) is 33.6. The topological polar surface area (TPSA) is 220 Å². The van der Waals surface area contributed by atoms with E-state index in [1.807, 2.05) is 116 Å². The third-order valence-electron chi connectivity index (χ3n) is 13.2. The number of Topliss-reactive ketones (excluding diaryl/α,β-unsaturated/α-hetero) is 2. The molecule has 0 aliphatic heterocycles. The summed E-state index contributed by atoms with van der Waals surface area (Å²) in [6, 6.07) is 43.1. The fraction of sp³-hybridized carbons (Fsp3) is 0.271. The Bertz CT molecular complexity index is 3830. The average Bonchev–Trinajstić information content (AvgIpc) is 2.16. The van der Waals surface area contributed by atoms with Crippen LogP contribution in [0.25, 0.3) is 9.69 Å². The molecular weight excluding hydrogens is 1210 g/mol. The number of alkyl halides is 1. The molecule has 0 aliphatic carbocycles. The summed E-state index contributed by atoms with van der Waals surface area (Å²) in [4.78, 5) is 81.8. The molecule has 0 saturated heterocycles. The number of nitrogens with one attached hydrogen (secondary N) is 4. The van der Waals surface area contributed by atoms with Crippen LogP contribution in [0.2, 0.25) is 10.0 Å². The van der Waals surface area contributed by atoms with Crippen molar-refractivity contribution < 1.29 is 47.7 Å². The maximum atomic E-state index is 12.8. The van der Waals surface area contributed by atoms with Gasteiger partial charge in [0.2, 0.25) is 5.91 Å². The molecule has 0 saturated carbocycles. The molecule has 5 atom stereocenters. The normalized spacial score (nSPS) is 12.2. The maximum Gasteiger partial charge on any atom is 0.446 e. The summed E-state index contributed by atoms with van der Waals surface area (Å²) in [6.45, 7) is 35.0. The second-order valence-electron chi connectivity index (χ2n) is 21.8. The van der Waals surface area contributed by atoms with Crippen molar-refractivity contribution in [3.8, 4) is 29.1 Å². The number of aryl methyl sites for hydroxylation is 6. The molecule has 5 unspecified atom stereocenters. The molecular formula is C70H70Cl3N7O10. The first-order valence-electron chi connectivity index (χ1n) is 28.4. The van der Waals surface area contributed by atoms with Crippen molar-refractivity contribution in [3.63, 3.8) is 0 Å². The van der Waals surface area contributed by atoms with Gasteiger partial charge >= 0.3 is 18.4 Å². The average molecular weight is 1280 g/mol. The Morgan fingerprint density at radius 1 is 0.511 bits per heavy atom. The minimum Gasteiger partial charge on any atom is -0.480 e. The molecule has 7 aromatic rings. The Morgan fingerprint density at radius 3 is 1.41 bits per heavy atom. The monoisotopic (exact) mass is 1270 g/mol. The van der Waals surface area contributed by atoms with E-state index in [0.717, 1.165) is 33.4 Å². The molecule has 0 fully saturated rings. The minimum absolute atomic E-state index is 0.232. The third kappa shape index (κ3) is 21.3. The Hall–Kier alpha value is -9.70. The number of anilines is 4. The Balaban J connectivity index is 0.000000250. The van der Waals surface area contributed by atoms with Crippen LogP contribution in [0.3, 0.4) is 0 Å². The van der Waals surface area contributed by atoms with Gasteiger partial charge in [-0.2, -0.15) is 5.26 Å². The van der Waals surface area contributed by atoms with Crippen LogP contribution in [0.4, 0.5) is 22.7 Å². The van der Waals surface area contributed by atoms with Crippen LogP contribution in [0, 0.1) is 71.4 Å². The van der Waals surface area contributed by atoms with Gasteiger partial charge < -0.3 is 40.2 Å². The first kappa shape index (κ1) is 71.1. The predicted octanol–water partition coefficient (Wildman–Crippen LogP) is 15.6. The SMILES string of the molecule is CCC(Oc1ccc(C)cc1C)C(=O)Nc1ccc(Cl)c(NC(=O)C(Cl)C(=O)C(C)(C)C)c1.[C-]#[N+]C(Oc1ccc(C#N)cc1)C(=O)Nc1cc(C)ccc1Cl.[C-]#[N+]C(Oc1ccc(C)cc1)C(=O)c1ccc(NC(=O)C(CC)Oc2ccc(C)cc2C)cc1. The van der Waals surface area contributed by atoms with Crippen molar-refractivity contribution in [2.75, 3.05) is 21.3 Å². The molecule has 0 aromatic heterocycles. The van der Waals surface area contributed by atoms with E-state index >= 15 is 0 Å². The smallest absolute Gasteiger partial charge is 0.446 e. The van der Waals surface area contributed by atoms with Crippen molar-refractivity contribution in [2.24, 2.45) is 5.41 Å². The molecule has 7 rings (SSSR count). The summed E-state index contributed by atoms with van der Waals surface area (Å²) in [6.07, 6.45) is -3.04. The lowest BCUT2D eigenvalue weighted by atomic mass is 9.88. The van der Waals surface area contributed by atoms with E-state index in [1.54, 1.807) is 87.5 Å². The molecule has 466 valence electrons. The number of hydrogen-bond donors (Lipinski definition) is 4. The fourth-order valence-corrected chi connectivity index (χ4v) is 8.91. The molecule has 0 bridgehead atoms. The molecule has 4 N–H and O–H groups in total. The number of rotatable bonds is 21. The summed E-state index contributed by atoms with van der Waals surface area (Å²) in [5, 5.41) is 18.8. The first-order chi connectivity index (χ1) is 42.7. The summed E-state index contributed by atoms with van der Waals surface area (Å²) >= 11 is 18.3. The van der Waals surface area contributed by atoms with Gasteiger partial charge in [0.05, 0.1) is 33.1 Å². The quantitative estimate of drug-likeness (QED) is 0.0229. The first-order valence-corrected chi connectivity index (χ1v) is 29.6. The molecule has 0 aliphatic rings. The molecule has 20 heteroatoms. The molecule has 0 spiro atoms. The summed E-state index contributed by atoms with van der Waals surface area (Å²) in [7, 11) is 0. The zero-order chi connectivity index (χ0) is 66.4. The lowest BCUT2D eigenvalue weighted by molar-refractivity contribution is -0.130. The van der Waals surface area contributed by atoms with Crippen LogP contribution in [-0.2, 0) is 24.0 Å². The minimum atomic E-state index is -1.37. The third-order valence-corrected chi connectivity index (χ3v) is 14.3. The van der Waals surface area contributed by atoms with Gasteiger partial charge in [0, 0.05) is 22.4 Å². The van der Waals surface area contributed by atoms with Crippen LogP contribution in [0.1, 0.15) is 96.8 Å². The largest absolute Gasteiger partial charge is 0.480 e. The number of ether oxygens (including phenoxy) is 4. The number of nitrogens with zero attached hydrogens (tertiary/aromatic N) is 3. The Labute approximate surface area is 540 Å². The molecule has 7 aromatic carbocycles. The number of ketones is 2. The van der Waals surface area contributed by atoms with Gasteiger partial charge in [-0.1, -0.05) is 117 Å². The van der Waals surface area contributed by atoms with Gasteiger partial charge in [0.25, 0.3) is 17.6 Å². The van der Waals surface area contributed by atoms with Crippen molar-refractivity contribution in [3.05, 3.63) is 223 Å². The van der Waals surface area contributed by atoms with Gasteiger partial charge in [-0.05, 0) is 174 Å². The number of amides is 4. The maximum absolute atomic E-state index is 12.8. The van der Waals surface area contributed by atoms with Gasteiger partial charge in [-0.15, -0.1) is 11.6 Å². The van der Waals surface area contributed by atoms with E-state index < -0.39 is 58.8 Å². The van der Waals surface area contributed by atoms with Gasteiger partial charge in [-0.25, -0.2) is 13.1 Å². The van der Waals surface area contributed by atoms with Crippen molar-refractivity contribution in [2.45, 2.75) is 119 Å². The number of hydrogen-bond acceptors (Lipinski definition) is 11. The van der Waals surface area contributed by atoms with Gasteiger partial charge in [-0.3, -0.25) is 38.5 Å². The molecule has 0 heterocycles. The highest BCUT2D eigenvalue weighted by molar-refractivity contribution is 6.44. The summed E-state index contributed by atoms with van der Waals surface area (Å²) in [5.41, 5.74) is 7.75. The van der Waals surface area contributed by atoms with Crippen molar-refractivity contribution >= 4 is 92.7 Å². The zero-order valence-corrected chi connectivity index (χ0v) is 54.0. The van der Waals surface area contributed by atoms with Crippen LogP contribution in [0.15, 0.2) is 146 Å². The number of benzene rings is 7. The summed E-state index contributed by atoms with van der Waals surface area (Å²) in [5.74, 6) is -0.666. The molecule has 4 amide bonds. The van der Waals surface area contributed by atoms with Crippen molar-refractivity contribution in [1.82, 2.24) is 0 Å². The molecule has 90 heavy (non-hydrogen) atoms. The van der Waals surface area contributed by atoms with Crippen LogP contribution < -0.4 is 40.2 Å². The highest BCUT2D eigenvalue weighted by atomic mass is 35.5. The Morgan fingerprint density at radius 2 is 0.933 bits per heavy atom. The van der Waals surface area contributed by atoms with Gasteiger partial charge in [0.15, 0.2) is 23.4 Å². The van der Waals surface area contributed by atoms with E-state index in [0.29, 0.717) is 69.1 Å². The standard InChI is InChI=1S/C28H28N2O4.C25H30Cl2N2O4.C17H12ClN3O2/c1-6-24(34-25-16-9-19(3)17-20(25)4)27(32)30-22-12-10-21(11-13-22)26(31)28(29-5)33-23-14-7-18(2)8-15-23;1-7-19(33-20-11-8-14(2)12-15(20)3)23(31)28-16-9-10-17(26)18(13-16)29-24(32)21(27)22(30)25(4,5)6;1-11-3-8-14(18)15(9-11)21-16(22)17(20-2)23-13-6-4-12(10-19)5-7-13/h7-17,24,28H,6H2,1-4H3,(H,30,32);8-13,19,21H,7H2,1-6H3,(H,28,31)(H,29,32);3-9,17H,1H3,(H,21,22). The Kier molecular flexibility index (Phi) is 26.5. The predicted molar refractivity (Wildman–Crippen MR) is 353 cm³/mol. The van der Waals surface area contributed by atoms with Crippen LogP contribution in [0.5, 0.6) is 23.0 Å². The van der Waals surface area contributed by atoms with Crippen molar-refractivity contribution in [1.29, 1.82) is 5.26 Å². The lowest BCUT2D eigenvalue weighted by Crippen LogP contribution is -2.37. The second-order valence-corrected chi connectivity index (χ2v) is 23.0. The highest BCUT2D eigenvalue weighted by Gasteiger charge is 2.34. The number of nitriles is 1. The highest BCUT2D eigenvalue weighted by Crippen LogP contribution is 2.30. The van der Waals surface area contributed by atoms with Crippen LogP contribution in [-0.4, -0.2) is 65.2 Å². The number of carbonyl (C=O) groups is 6. The fourth-order valence-electron chi connectivity index (χ4n) is 8.20. The van der Waals surface area contributed by atoms with E-state index in [4.69, 9.17) is 72.2 Å². The van der Waals surface area contributed by atoms with E-state index in [2.05, 4.69) is 31.0 Å². The zero-order valence-electron chi connectivity index (χ0n) is 51.7. The van der Waals surface area contributed by atoms with E-state index in [9.17, 15) is 28.8 Å². The molecule has 0 radical (unpaired) electrons. The molecule has 17 nitrogen and oxygen atoms in total. The van der Waals surface area contributed by atoms with E-state index in [-0.39, 0.29) is 22.5 Å².